The molecule has 1 aromatic carbocycles. The molecular weight excluding hydrogens is 372 g/mol. The van der Waals surface area contributed by atoms with E-state index in [0.29, 0.717) is 25.0 Å². The van der Waals surface area contributed by atoms with Crippen LogP contribution in [0.3, 0.4) is 0 Å². The second-order valence-corrected chi connectivity index (χ2v) is 8.33. The predicted octanol–water partition coefficient (Wildman–Crippen LogP) is 4.07. The number of amides is 1. The second-order valence-electron chi connectivity index (χ2n) is 7.94. The van der Waals surface area contributed by atoms with Gasteiger partial charge in [0, 0.05) is 25.0 Å². The van der Waals surface area contributed by atoms with Gasteiger partial charge in [0.15, 0.2) is 4.77 Å². The maximum atomic E-state index is 12.6. The lowest BCUT2D eigenvalue weighted by Gasteiger charge is -2.31. The van der Waals surface area contributed by atoms with E-state index in [1.807, 2.05) is 17.0 Å². The third kappa shape index (κ3) is 3.99. The van der Waals surface area contributed by atoms with Crippen molar-refractivity contribution in [1.82, 2.24) is 19.7 Å². The van der Waals surface area contributed by atoms with Crippen LogP contribution >= 0.6 is 12.2 Å². The molecule has 0 atom stereocenters. The molecule has 1 aromatic heterocycles. The van der Waals surface area contributed by atoms with Crippen molar-refractivity contribution in [3.63, 3.8) is 0 Å². The Morgan fingerprint density at radius 3 is 2.71 bits per heavy atom. The molecule has 1 saturated heterocycles. The van der Waals surface area contributed by atoms with Crippen molar-refractivity contribution in [2.75, 3.05) is 19.7 Å². The molecule has 1 amide bonds. The molecule has 1 saturated carbocycles. The van der Waals surface area contributed by atoms with Crippen molar-refractivity contribution in [3.8, 4) is 5.75 Å². The van der Waals surface area contributed by atoms with Crippen LogP contribution in [0.15, 0.2) is 18.2 Å². The first kappa shape index (κ1) is 19.2. The lowest BCUT2D eigenvalue weighted by molar-refractivity contribution is -0.132. The number of rotatable bonds is 6. The molecule has 1 N–H and O–H groups in total. The number of nitrogens with zero attached hydrogens (tertiary/aromatic N) is 3. The number of aromatic amines is 1. The Morgan fingerprint density at radius 1 is 1.25 bits per heavy atom. The number of H-pyrrole nitrogens is 1. The Hall–Kier alpha value is -2.15. The first-order valence-corrected chi connectivity index (χ1v) is 10.6. The summed E-state index contributed by atoms with van der Waals surface area (Å²) in [6.45, 7) is 6.09. The van der Waals surface area contributed by atoms with E-state index in [-0.39, 0.29) is 5.91 Å². The molecule has 1 aliphatic carbocycles. The third-order valence-corrected chi connectivity index (χ3v) is 6.27. The minimum atomic E-state index is 0.171. The molecule has 7 heteroatoms. The van der Waals surface area contributed by atoms with Crippen LogP contribution in [-0.2, 0) is 4.79 Å². The largest absolute Gasteiger partial charge is 0.493 e. The Bertz CT molecular complexity index is 907. The predicted molar refractivity (Wildman–Crippen MR) is 110 cm³/mol. The van der Waals surface area contributed by atoms with Crippen LogP contribution in [0.2, 0.25) is 0 Å². The highest BCUT2D eigenvalue weighted by atomic mass is 32.1. The first-order valence-electron chi connectivity index (χ1n) is 10.2. The summed E-state index contributed by atoms with van der Waals surface area (Å²) in [5.74, 6) is 2.50. The Balaban J connectivity index is 1.27. The number of carbonyl (C=O) groups is 1. The number of ether oxygens (including phenoxy) is 1. The SMILES string of the molecule is Cc1cccc(OCCC(=O)N2CCC(c3n[nH]c(=S)n3C3CC3)CC2)c1C. The molecule has 6 nitrogen and oxygen atoms in total. The van der Waals surface area contributed by atoms with Crippen LogP contribution in [0.5, 0.6) is 5.75 Å². The van der Waals surface area contributed by atoms with Crippen molar-refractivity contribution in [1.29, 1.82) is 0 Å². The molecule has 2 fully saturated rings. The van der Waals surface area contributed by atoms with E-state index in [0.717, 1.165) is 47.8 Å². The summed E-state index contributed by atoms with van der Waals surface area (Å²) >= 11 is 5.39. The van der Waals surface area contributed by atoms with Crippen LogP contribution in [0.25, 0.3) is 0 Å². The fraction of sp³-hybridized carbons (Fsp3) is 0.571. The topological polar surface area (TPSA) is 63.1 Å². The van der Waals surface area contributed by atoms with Gasteiger partial charge in [0.05, 0.1) is 13.0 Å². The van der Waals surface area contributed by atoms with Crippen LogP contribution in [-0.4, -0.2) is 45.3 Å². The van der Waals surface area contributed by atoms with Gasteiger partial charge < -0.3 is 14.2 Å². The lowest BCUT2D eigenvalue weighted by Crippen LogP contribution is -2.39. The molecule has 2 aromatic rings. The van der Waals surface area contributed by atoms with E-state index in [9.17, 15) is 4.79 Å². The van der Waals surface area contributed by atoms with Crippen molar-refractivity contribution >= 4 is 18.1 Å². The van der Waals surface area contributed by atoms with E-state index in [1.54, 1.807) is 0 Å². The van der Waals surface area contributed by atoms with E-state index < -0.39 is 0 Å². The highest BCUT2D eigenvalue weighted by Gasteiger charge is 2.32. The van der Waals surface area contributed by atoms with Gasteiger partial charge >= 0.3 is 0 Å². The zero-order valence-corrected chi connectivity index (χ0v) is 17.4. The summed E-state index contributed by atoms with van der Waals surface area (Å²) in [5, 5.41) is 7.45. The number of hydrogen-bond donors (Lipinski definition) is 1. The molecule has 0 radical (unpaired) electrons. The van der Waals surface area contributed by atoms with Crippen molar-refractivity contribution in [2.24, 2.45) is 0 Å². The minimum absolute atomic E-state index is 0.171. The standard InChI is InChI=1S/C21H28N4O2S/c1-14-4-3-5-18(15(14)2)27-13-10-19(26)24-11-8-16(9-12-24)20-22-23-21(28)25(20)17-6-7-17/h3-5,16-17H,6-13H2,1-2H3,(H,23,28). The number of carbonyl (C=O) groups excluding carboxylic acids is 1. The van der Waals surface area contributed by atoms with Gasteiger partial charge in [-0.2, -0.15) is 5.10 Å². The van der Waals surface area contributed by atoms with Crippen molar-refractivity contribution in [2.45, 2.75) is 57.9 Å². The number of nitrogens with one attached hydrogen (secondary N) is 1. The van der Waals surface area contributed by atoms with Gasteiger partial charge in [0.25, 0.3) is 0 Å². The van der Waals surface area contributed by atoms with Crippen LogP contribution in [0.4, 0.5) is 0 Å². The van der Waals surface area contributed by atoms with E-state index in [2.05, 4.69) is 34.7 Å². The van der Waals surface area contributed by atoms with Gasteiger partial charge in [0.2, 0.25) is 5.91 Å². The maximum absolute atomic E-state index is 12.6. The number of likely N-dealkylation sites (tertiary alicyclic amines) is 1. The normalized spacial score (nSPS) is 17.7. The van der Waals surface area contributed by atoms with Crippen molar-refractivity contribution < 1.29 is 9.53 Å². The van der Waals surface area contributed by atoms with Crippen LogP contribution in [0.1, 0.15) is 61.0 Å². The van der Waals surface area contributed by atoms with E-state index in [4.69, 9.17) is 17.0 Å². The van der Waals surface area contributed by atoms with E-state index >= 15 is 0 Å². The third-order valence-electron chi connectivity index (χ3n) is 5.98. The fourth-order valence-corrected chi connectivity index (χ4v) is 4.25. The fourth-order valence-electron chi connectivity index (χ4n) is 3.96. The molecule has 150 valence electrons. The molecule has 2 aliphatic rings. The van der Waals surface area contributed by atoms with Gasteiger partial charge in [-0.25, -0.2) is 0 Å². The minimum Gasteiger partial charge on any atom is -0.493 e. The molecule has 1 aliphatic heterocycles. The van der Waals surface area contributed by atoms with Gasteiger partial charge in [-0.3, -0.25) is 9.89 Å². The Morgan fingerprint density at radius 2 is 2.00 bits per heavy atom. The average Bonchev–Trinajstić information content (AvgIpc) is 3.46. The van der Waals surface area contributed by atoms with E-state index in [1.165, 1.54) is 18.4 Å². The Kier molecular flexibility index (Phi) is 5.53. The summed E-state index contributed by atoms with van der Waals surface area (Å²) in [6.07, 6.45) is 4.68. The molecule has 0 bridgehead atoms. The van der Waals surface area contributed by atoms with Gasteiger partial charge in [0.1, 0.15) is 11.6 Å². The molecule has 28 heavy (non-hydrogen) atoms. The highest BCUT2D eigenvalue weighted by Crippen LogP contribution is 2.39. The summed E-state index contributed by atoms with van der Waals surface area (Å²) in [7, 11) is 0. The average molecular weight is 401 g/mol. The number of aromatic nitrogens is 3. The monoisotopic (exact) mass is 400 g/mol. The zero-order valence-electron chi connectivity index (χ0n) is 16.6. The summed E-state index contributed by atoms with van der Waals surface area (Å²) in [4.78, 5) is 14.5. The maximum Gasteiger partial charge on any atom is 0.225 e. The first-order chi connectivity index (χ1) is 13.5. The molecule has 0 unspecified atom stereocenters. The smallest absolute Gasteiger partial charge is 0.225 e. The van der Waals surface area contributed by atoms with Gasteiger partial charge in [-0.1, -0.05) is 12.1 Å². The lowest BCUT2D eigenvalue weighted by atomic mass is 9.95. The number of aryl methyl sites for hydroxylation is 1. The zero-order chi connectivity index (χ0) is 19.7. The number of piperidine rings is 1. The Labute approximate surface area is 170 Å². The second kappa shape index (κ2) is 8.07. The molecular formula is C21H28N4O2S. The van der Waals surface area contributed by atoms with Crippen LogP contribution in [0, 0.1) is 18.6 Å². The van der Waals surface area contributed by atoms with Gasteiger partial charge in [-0.05, 0) is 68.9 Å². The summed E-state index contributed by atoms with van der Waals surface area (Å²) in [5.41, 5.74) is 2.34. The summed E-state index contributed by atoms with van der Waals surface area (Å²) < 4.78 is 8.78. The van der Waals surface area contributed by atoms with Gasteiger partial charge in [-0.15, -0.1) is 0 Å². The number of benzene rings is 1. The molecule has 4 rings (SSSR count). The van der Waals surface area contributed by atoms with Crippen LogP contribution < -0.4 is 4.74 Å². The number of hydrogen-bond acceptors (Lipinski definition) is 4. The highest BCUT2D eigenvalue weighted by molar-refractivity contribution is 7.71. The quantitative estimate of drug-likeness (QED) is 0.743. The summed E-state index contributed by atoms with van der Waals surface area (Å²) in [6, 6.07) is 6.55. The molecule has 2 heterocycles. The molecule has 0 spiro atoms. The van der Waals surface area contributed by atoms with Crippen molar-refractivity contribution in [3.05, 3.63) is 39.9 Å².